The van der Waals surface area contributed by atoms with Gasteiger partial charge in [0.05, 0.1) is 0 Å². The van der Waals surface area contributed by atoms with E-state index < -0.39 is 10.0 Å². The van der Waals surface area contributed by atoms with E-state index in [1.807, 2.05) is 13.0 Å². The Morgan fingerprint density at radius 3 is 2.75 bits per heavy atom. The first-order valence-corrected chi connectivity index (χ1v) is 9.44. The highest BCUT2D eigenvalue weighted by molar-refractivity contribution is 7.91. The summed E-state index contributed by atoms with van der Waals surface area (Å²) in [5.41, 5.74) is 0.249. The predicted octanol–water partition coefficient (Wildman–Crippen LogP) is 2.71. The van der Waals surface area contributed by atoms with Crippen LogP contribution < -0.4 is 10.0 Å². The number of thiophene rings is 1. The molecular weight excluding hydrogens is 292 g/mol. The van der Waals surface area contributed by atoms with Gasteiger partial charge in [-0.1, -0.05) is 20.8 Å². The minimum Gasteiger partial charge on any atom is -0.312 e. The van der Waals surface area contributed by atoms with E-state index in [9.17, 15) is 8.42 Å². The maximum atomic E-state index is 12.4. The Morgan fingerprint density at radius 1 is 1.40 bits per heavy atom. The molecular formula is C14H24N2O2S2. The maximum Gasteiger partial charge on any atom is 0.250 e. The third kappa shape index (κ3) is 4.04. The predicted molar refractivity (Wildman–Crippen MR) is 83.4 cm³/mol. The van der Waals surface area contributed by atoms with Gasteiger partial charge < -0.3 is 5.32 Å². The Kier molecular flexibility index (Phi) is 4.89. The molecule has 0 amide bonds. The van der Waals surface area contributed by atoms with Gasteiger partial charge in [0, 0.05) is 17.5 Å². The highest BCUT2D eigenvalue weighted by atomic mass is 32.2. The van der Waals surface area contributed by atoms with Gasteiger partial charge in [-0.25, -0.2) is 13.1 Å². The zero-order valence-corrected chi connectivity index (χ0v) is 14.0. The molecule has 1 heterocycles. The van der Waals surface area contributed by atoms with Crippen molar-refractivity contribution < 1.29 is 8.42 Å². The molecule has 1 aromatic rings. The van der Waals surface area contributed by atoms with Gasteiger partial charge in [0.15, 0.2) is 0 Å². The van der Waals surface area contributed by atoms with Crippen molar-refractivity contribution in [2.75, 3.05) is 6.54 Å². The lowest BCUT2D eigenvalue weighted by atomic mass is 9.92. The molecule has 2 N–H and O–H groups in total. The topological polar surface area (TPSA) is 58.2 Å². The number of nitrogens with one attached hydrogen (secondary N) is 2. The largest absolute Gasteiger partial charge is 0.312 e. The van der Waals surface area contributed by atoms with Gasteiger partial charge in [-0.2, -0.15) is 0 Å². The standard InChI is InChI=1S/C14H24N2O2S2/c1-4-15-10-12-5-6-13(19-12)20(17,18)16-11-7-8-14(2,3)9-11/h5-6,11,15-16H,4,7-10H2,1-3H3. The van der Waals surface area contributed by atoms with Gasteiger partial charge in [0.25, 0.3) is 0 Å². The molecule has 0 bridgehead atoms. The molecule has 1 unspecified atom stereocenters. The number of hydrogen-bond acceptors (Lipinski definition) is 4. The van der Waals surface area contributed by atoms with Crippen LogP contribution in [-0.2, 0) is 16.6 Å². The summed E-state index contributed by atoms with van der Waals surface area (Å²) < 4.78 is 28.0. The molecule has 0 spiro atoms. The van der Waals surface area contributed by atoms with E-state index in [0.717, 1.165) is 37.2 Å². The summed E-state index contributed by atoms with van der Waals surface area (Å²) in [6.45, 7) is 8.04. The number of sulfonamides is 1. The lowest BCUT2D eigenvalue weighted by Crippen LogP contribution is -2.33. The summed E-state index contributed by atoms with van der Waals surface area (Å²) in [4.78, 5) is 1.05. The van der Waals surface area contributed by atoms with E-state index in [-0.39, 0.29) is 11.5 Å². The minimum atomic E-state index is -3.36. The second-order valence-electron chi connectivity index (χ2n) is 6.23. The van der Waals surface area contributed by atoms with Crippen LogP contribution in [-0.4, -0.2) is 21.0 Å². The third-order valence-electron chi connectivity index (χ3n) is 3.74. The zero-order valence-electron chi connectivity index (χ0n) is 12.4. The summed E-state index contributed by atoms with van der Waals surface area (Å²) in [7, 11) is -3.36. The second kappa shape index (κ2) is 6.13. The Hall–Kier alpha value is -0.430. The van der Waals surface area contributed by atoms with Gasteiger partial charge in [-0.3, -0.25) is 0 Å². The molecule has 0 aromatic carbocycles. The monoisotopic (exact) mass is 316 g/mol. The molecule has 4 nitrogen and oxygen atoms in total. The molecule has 2 rings (SSSR count). The van der Waals surface area contributed by atoms with Gasteiger partial charge in [0.2, 0.25) is 10.0 Å². The fourth-order valence-electron chi connectivity index (χ4n) is 2.66. The highest BCUT2D eigenvalue weighted by Crippen LogP contribution is 2.37. The Labute approximate surface area is 126 Å². The van der Waals surface area contributed by atoms with Crippen LogP contribution in [0, 0.1) is 5.41 Å². The average molecular weight is 316 g/mol. The van der Waals surface area contributed by atoms with Crippen LogP contribution in [0.1, 0.15) is 44.9 Å². The van der Waals surface area contributed by atoms with E-state index in [2.05, 4.69) is 23.9 Å². The normalized spacial score (nSPS) is 22.2. The minimum absolute atomic E-state index is 0.0781. The molecule has 0 radical (unpaired) electrons. The van der Waals surface area contributed by atoms with Crippen LogP contribution in [0.3, 0.4) is 0 Å². The lowest BCUT2D eigenvalue weighted by Gasteiger charge is -2.17. The fraction of sp³-hybridized carbons (Fsp3) is 0.714. The van der Waals surface area contributed by atoms with Crippen LogP contribution >= 0.6 is 11.3 Å². The highest BCUT2D eigenvalue weighted by Gasteiger charge is 2.33. The van der Waals surface area contributed by atoms with Gasteiger partial charge >= 0.3 is 0 Å². The first-order valence-electron chi connectivity index (χ1n) is 7.14. The Balaban J connectivity index is 2.01. The van der Waals surface area contributed by atoms with Gasteiger partial charge in [-0.05, 0) is 43.4 Å². The maximum absolute atomic E-state index is 12.4. The molecule has 20 heavy (non-hydrogen) atoms. The zero-order chi connectivity index (χ0) is 14.8. The van der Waals surface area contributed by atoms with Crippen molar-refractivity contribution in [1.82, 2.24) is 10.0 Å². The summed E-state index contributed by atoms with van der Waals surface area (Å²) >= 11 is 1.35. The van der Waals surface area contributed by atoms with Gasteiger partial charge in [-0.15, -0.1) is 11.3 Å². The number of hydrogen-bond donors (Lipinski definition) is 2. The Bertz CT molecular complexity index is 549. The molecule has 6 heteroatoms. The number of rotatable bonds is 6. The van der Waals surface area contributed by atoms with Crippen molar-refractivity contribution in [2.45, 2.75) is 56.8 Å². The lowest BCUT2D eigenvalue weighted by molar-refractivity contribution is 0.372. The van der Waals surface area contributed by atoms with E-state index in [0.29, 0.717) is 4.21 Å². The van der Waals surface area contributed by atoms with Crippen LogP contribution in [0.5, 0.6) is 0 Å². The summed E-state index contributed by atoms with van der Waals surface area (Å²) in [6, 6.07) is 3.68. The van der Waals surface area contributed by atoms with Crippen molar-refractivity contribution in [3.05, 3.63) is 17.0 Å². The van der Waals surface area contributed by atoms with E-state index in [1.165, 1.54) is 11.3 Å². The van der Waals surface area contributed by atoms with Crippen molar-refractivity contribution in [3.63, 3.8) is 0 Å². The summed E-state index contributed by atoms with van der Waals surface area (Å²) in [6.07, 6.45) is 2.93. The van der Waals surface area contributed by atoms with E-state index in [4.69, 9.17) is 0 Å². The van der Waals surface area contributed by atoms with Crippen LogP contribution in [0.4, 0.5) is 0 Å². The Morgan fingerprint density at radius 2 is 2.15 bits per heavy atom. The molecule has 1 aliphatic rings. The van der Waals surface area contributed by atoms with Crippen molar-refractivity contribution in [2.24, 2.45) is 5.41 Å². The third-order valence-corrected chi connectivity index (χ3v) is 6.84. The fourth-order valence-corrected chi connectivity index (χ4v) is 5.27. The van der Waals surface area contributed by atoms with Crippen molar-refractivity contribution in [1.29, 1.82) is 0 Å². The van der Waals surface area contributed by atoms with Crippen molar-refractivity contribution in [3.8, 4) is 0 Å². The molecule has 1 atom stereocenters. The van der Waals surface area contributed by atoms with Crippen LogP contribution in [0.25, 0.3) is 0 Å². The molecule has 114 valence electrons. The average Bonchev–Trinajstić information content (AvgIpc) is 2.93. The molecule has 1 aliphatic carbocycles. The first kappa shape index (κ1) is 15.9. The molecule has 0 aliphatic heterocycles. The summed E-state index contributed by atoms with van der Waals surface area (Å²) in [5, 5.41) is 3.21. The van der Waals surface area contributed by atoms with Crippen molar-refractivity contribution >= 4 is 21.4 Å². The molecule has 1 fully saturated rings. The van der Waals surface area contributed by atoms with E-state index >= 15 is 0 Å². The molecule has 1 saturated carbocycles. The first-order chi connectivity index (χ1) is 9.32. The molecule has 0 saturated heterocycles. The molecule has 1 aromatic heterocycles. The second-order valence-corrected chi connectivity index (χ2v) is 9.34. The smallest absolute Gasteiger partial charge is 0.250 e. The van der Waals surface area contributed by atoms with Gasteiger partial charge in [0.1, 0.15) is 4.21 Å². The van der Waals surface area contributed by atoms with Crippen LogP contribution in [0.2, 0.25) is 0 Å². The SMILES string of the molecule is CCNCc1ccc(S(=O)(=O)NC2CCC(C)(C)C2)s1. The van der Waals surface area contributed by atoms with E-state index in [1.54, 1.807) is 6.07 Å². The quantitative estimate of drug-likeness (QED) is 0.848. The summed E-state index contributed by atoms with van der Waals surface area (Å²) in [5.74, 6) is 0. The van der Waals surface area contributed by atoms with Crippen LogP contribution in [0.15, 0.2) is 16.3 Å².